The molecule has 0 fully saturated rings. The number of hydrogen-bond donors (Lipinski definition) is 3. The van der Waals surface area contributed by atoms with Gasteiger partial charge in [0.25, 0.3) is 0 Å². The average Bonchev–Trinajstić information content (AvgIpc) is 2.07. The van der Waals surface area contributed by atoms with Gasteiger partial charge in [0.15, 0.2) is 0 Å². The van der Waals surface area contributed by atoms with Gasteiger partial charge in [0, 0.05) is 12.4 Å². The lowest BCUT2D eigenvalue weighted by molar-refractivity contribution is -0.133. The predicted molar refractivity (Wildman–Crippen MR) is 55.5 cm³/mol. The minimum atomic E-state index is -0.875. The molecule has 1 heterocycles. The second-order valence-corrected chi connectivity index (χ2v) is 3.71. The monoisotopic (exact) mass is 219 g/mol. The lowest BCUT2D eigenvalue weighted by Crippen LogP contribution is -2.36. The summed E-state index contributed by atoms with van der Waals surface area (Å²) >= 11 is 5.29. The molecule has 0 saturated carbocycles. The second-order valence-electron chi connectivity index (χ2n) is 2.25. The van der Waals surface area contributed by atoms with Crippen LogP contribution in [0.25, 0.3) is 0 Å². The van der Waals surface area contributed by atoms with E-state index < -0.39 is 5.97 Å². The number of hydrogen-bond acceptors (Lipinski definition) is 6. The molecule has 0 bridgehead atoms. The first-order valence-corrected chi connectivity index (χ1v) is 4.88. The fourth-order valence-corrected chi connectivity index (χ4v) is 1.70. The molecule has 0 aliphatic carbocycles. The molecule has 1 rings (SSSR count). The molecule has 72 valence electrons. The first kappa shape index (κ1) is 10.3. The van der Waals surface area contributed by atoms with Crippen molar-refractivity contribution in [3.63, 3.8) is 0 Å². The molecular formula is C6H9N3O2S2. The molecule has 1 aliphatic rings. The van der Waals surface area contributed by atoms with Crippen LogP contribution < -0.4 is 5.73 Å². The van der Waals surface area contributed by atoms with Crippen molar-refractivity contribution >= 4 is 36.4 Å². The Morgan fingerprint density at radius 3 is 3.23 bits per heavy atom. The average molecular weight is 219 g/mol. The van der Waals surface area contributed by atoms with E-state index in [1.807, 2.05) is 0 Å². The van der Waals surface area contributed by atoms with E-state index in [1.165, 1.54) is 6.20 Å². The summed E-state index contributed by atoms with van der Waals surface area (Å²) in [6.45, 7) is 0. The molecule has 0 spiro atoms. The lowest BCUT2D eigenvalue weighted by Gasteiger charge is -2.26. The van der Waals surface area contributed by atoms with Gasteiger partial charge in [0.05, 0.1) is 0 Å². The van der Waals surface area contributed by atoms with Crippen molar-refractivity contribution in [1.29, 1.82) is 0 Å². The molecule has 0 amide bonds. The maximum Gasteiger partial charge on any atom is 0.315 e. The summed E-state index contributed by atoms with van der Waals surface area (Å²) in [6.07, 6.45) is 3.15. The zero-order valence-electron chi connectivity index (χ0n) is 6.62. The maximum atomic E-state index is 10.3. The Bertz CT molecular complexity index is 267. The minimum absolute atomic E-state index is 0.0192. The van der Waals surface area contributed by atoms with E-state index in [4.69, 9.17) is 10.8 Å². The van der Waals surface area contributed by atoms with Gasteiger partial charge in [-0.3, -0.25) is 4.79 Å². The number of thiol groups is 1. The Kier molecular flexibility index (Phi) is 3.49. The van der Waals surface area contributed by atoms with Crippen LogP contribution >= 0.6 is 24.6 Å². The summed E-state index contributed by atoms with van der Waals surface area (Å²) < 4.78 is 1.64. The van der Waals surface area contributed by atoms with Crippen LogP contribution in [0.1, 0.15) is 0 Å². The summed E-state index contributed by atoms with van der Waals surface area (Å²) in [5.41, 5.74) is 5.49. The van der Waals surface area contributed by atoms with E-state index in [-0.39, 0.29) is 11.1 Å². The highest BCUT2D eigenvalue weighted by molar-refractivity contribution is 7.98. The molecule has 5 nitrogen and oxygen atoms in total. The first-order valence-electron chi connectivity index (χ1n) is 3.42. The quantitative estimate of drug-likeness (QED) is 0.464. The predicted octanol–water partition coefficient (Wildman–Crippen LogP) is 0.119. The number of aliphatic carboxylic acids is 1. The number of carbonyl (C=O) groups is 1. The van der Waals surface area contributed by atoms with Crippen LogP contribution in [-0.4, -0.2) is 32.3 Å². The Balaban J connectivity index is 2.48. The molecule has 13 heavy (non-hydrogen) atoms. The zero-order valence-corrected chi connectivity index (χ0v) is 8.33. The van der Waals surface area contributed by atoms with Crippen LogP contribution in [0.5, 0.6) is 0 Å². The number of nitrogens with two attached hydrogens (primary N) is 1. The molecule has 0 radical (unpaired) electrons. The number of rotatable bonds is 3. The second kappa shape index (κ2) is 4.43. The fraction of sp³-hybridized carbons (Fsp3) is 0.333. The topological polar surface area (TPSA) is 78.9 Å². The summed E-state index contributed by atoms with van der Waals surface area (Å²) in [6, 6.07) is 0. The number of aliphatic imine (C=N–C) groups is 1. The first-order chi connectivity index (χ1) is 6.11. The molecule has 1 unspecified atom stereocenters. The largest absolute Gasteiger partial charge is 0.481 e. The van der Waals surface area contributed by atoms with E-state index in [9.17, 15) is 4.79 Å². The van der Waals surface area contributed by atoms with Crippen LogP contribution in [0.4, 0.5) is 0 Å². The third-order valence-electron chi connectivity index (χ3n) is 1.28. The molecular weight excluding hydrogens is 210 g/mol. The van der Waals surface area contributed by atoms with Gasteiger partial charge in [-0.25, -0.2) is 4.99 Å². The van der Waals surface area contributed by atoms with Gasteiger partial charge in [-0.15, -0.1) is 12.6 Å². The van der Waals surface area contributed by atoms with Gasteiger partial charge in [-0.1, -0.05) is 0 Å². The van der Waals surface area contributed by atoms with E-state index >= 15 is 0 Å². The Labute approximate surface area is 85.2 Å². The summed E-state index contributed by atoms with van der Waals surface area (Å²) in [7, 11) is 0. The normalized spacial score (nSPS) is 21.5. The summed E-state index contributed by atoms with van der Waals surface area (Å²) in [5, 5.41) is 8.09. The van der Waals surface area contributed by atoms with Crippen molar-refractivity contribution in [2.45, 2.75) is 5.37 Å². The van der Waals surface area contributed by atoms with E-state index in [1.54, 1.807) is 10.5 Å². The molecule has 3 N–H and O–H groups in total. The van der Waals surface area contributed by atoms with Gasteiger partial charge in [-0.2, -0.15) is 0 Å². The minimum Gasteiger partial charge on any atom is -0.481 e. The Hall–Kier alpha value is -0.820. The fourth-order valence-electron chi connectivity index (χ4n) is 0.707. The van der Waals surface area contributed by atoms with Crippen molar-refractivity contribution in [2.24, 2.45) is 10.7 Å². The molecule has 7 heteroatoms. The number of carboxylic acids is 1. The summed E-state index contributed by atoms with van der Waals surface area (Å²) in [5.74, 6) is -0.530. The van der Waals surface area contributed by atoms with E-state index in [0.717, 1.165) is 11.9 Å². The summed E-state index contributed by atoms with van der Waals surface area (Å²) in [4.78, 5) is 14.1. The van der Waals surface area contributed by atoms with Crippen molar-refractivity contribution in [3.05, 3.63) is 12.4 Å². The van der Waals surface area contributed by atoms with Gasteiger partial charge >= 0.3 is 5.97 Å². The van der Waals surface area contributed by atoms with Gasteiger partial charge in [0.1, 0.15) is 17.0 Å². The van der Waals surface area contributed by atoms with Crippen LogP contribution in [0.3, 0.4) is 0 Å². The lowest BCUT2D eigenvalue weighted by atomic mass is 10.5. The number of carboxylic acid groups (broad SMARTS) is 1. The maximum absolute atomic E-state index is 10.3. The third-order valence-corrected chi connectivity index (χ3v) is 2.96. The highest BCUT2D eigenvalue weighted by Gasteiger charge is 2.18. The van der Waals surface area contributed by atoms with Crippen molar-refractivity contribution in [2.75, 3.05) is 5.75 Å². The van der Waals surface area contributed by atoms with Crippen LogP contribution in [-0.2, 0) is 4.79 Å². The smallest absolute Gasteiger partial charge is 0.315 e. The van der Waals surface area contributed by atoms with Crippen LogP contribution in [0.2, 0.25) is 0 Å². The van der Waals surface area contributed by atoms with Gasteiger partial charge < -0.3 is 15.1 Å². The molecule has 0 aromatic carbocycles. The molecule has 0 aromatic rings. The standard InChI is InChI=1S/C6H9N3O2S2/c7-5-6(12)9(2-1-8-5)13-3-4(10)11/h1-2,6,12H,3H2,(H2,7,8)(H,10,11). The van der Waals surface area contributed by atoms with Crippen molar-refractivity contribution in [3.8, 4) is 0 Å². The zero-order chi connectivity index (χ0) is 9.84. The third kappa shape index (κ3) is 2.85. The molecule has 0 aromatic heterocycles. The molecule has 0 saturated heterocycles. The number of nitrogens with zero attached hydrogens (tertiary/aromatic N) is 2. The van der Waals surface area contributed by atoms with Crippen molar-refractivity contribution < 1.29 is 9.90 Å². The van der Waals surface area contributed by atoms with E-state index in [0.29, 0.717) is 5.84 Å². The van der Waals surface area contributed by atoms with Crippen molar-refractivity contribution in [1.82, 2.24) is 4.31 Å². The Morgan fingerprint density at radius 1 is 1.92 bits per heavy atom. The highest BCUT2D eigenvalue weighted by atomic mass is 32.2. The Morgan fingerprint density at radius 2 is 2.62 bits per heavy atom. The highest BCUT2D eigenvalue weighted by Crippen LogP contribution is 2.20. The van der Waals surface area contributed by atoms with Crippen LogP contribution in [0, 0.1) is 0 Å². The SMILES string of the molecule is NC1=NC=CN(SCC(=O)O)C1S. The molecule has 1 atom stereocenters. The van der Waals surface area contributed by atoms with Crippen LogP contribution in [0.15, 0.2) is 17.4 Å². The number of amidine groups is 1. The van der Waals surface area contributed by atoms with E-state index in [2.05, 4.69) is 17.6 Å². The van der Waals surface area contributed by atoms with Gasteiger partial charge in [-0.05, 0) is 11.9 Å². The molecule has 1 aliphatic heterocycles. The van der Waals surface area contributed by atoms with Gasteiger partial charge in [0.2, 0.25) is 0 Å².